The van der Waals surface area contributed by atoms with Crippen molar-refractivity contribution in [1.29, 1.82) is 0 Å². The molecule has 0 saturated carbocycles. The van der Waals surface area contributed by atoms with Crippen LogP contribution in [0.2, 0.25) is 0 Å². The summed E-state index contributed by atoms with van der Waals surface area (Å²) in [4.78, 5) is 12.8. The number of hydrogen-bond donors (Lipinski definition) is 0. The fourth-order valence-electron chi connectivity index (χ4n) is 4.51. The molecule has 0 spiro atoms. The molecular formula is C27H18O4. The van der Waals surface area contributed by atoms with Gasteiger partial charge in [-0.1, -0.05) is 48.5 Å². The van der Waals surface area contributed by atoms with Crippen molar-refractivity contribution in [3.8, 4) is 22.6 Å². The van der Waals surface area contributed by atoms with Gasteiger partial charge < -0.3 is 13.9 Å². The van der Waals surface area contributed by atoms with Crippen LogP contribution in [0.1, 0.15) is 5.56 Å². The van der Waals surface area contributed by atoms with Gasteiger partial charge in [0, 0.05) is 21.5 Å². The minimum atomic E-state index is -0.342. The average Bonchev–Trinajstić information content (AvgIpc) is 2.84. The normalized spacial score (nSPS) is 12.8. The molecule has 1 aromatic heterocycles. The van der Waals surface area contributed by atoms with Crippen molar-refractivity contribution in [2.45, 2.75) is 0 Å². The topological polar surface area (TPSA) is 48.7 Å². The van der Waals surface area contributed by atoms with Crippen molar-refractivity contribution in [2.75, 3.05) is 13.7 Å². The van der Waals surface area contributed by atoms with E-state index in [0.29, 0.717) is 17.6 Å². The van der Waals surface area contributed by atoms with Gasteiger partial charge >= 0.3 is 5.63 Å². The molecule has 0 aliphatic carbocycles. The Balaban J connectivity index is 1.87. The molecule has 0 atom stereocenters. The number of methoxy groups -OCH3 is 1. The Morgan fingerprint density at radius 1 is 0.839 bits per heavy atom. The van der Waals surface area contributed by atoms with Crippen LogP contribution in [0.3, 0.4) is 0 Å². The molecule has 31 heavy (non-hydrogen) atoms. The third-order valence-corrected chi connectivity index (χ3v) is 5.90. The quantitative estimate of drug-likeness (QED) is 0.259. The van der Waals surface area contributed by atoms with Crippen LogP contribution in [0.25, 0.3) is 49.7 Å². The van der Waals surface area contributed by atoms with Crippen molar-refractivity contribution >= 4 is 38.6 Å². The first-order valence-corrected chi connectivity index (χ1v) is 10.1. The van der Waals surface area contributed by atoms with Gasteiger partial charge in [0.15, 0.2) is 5.58 Å². The summed E-state index contributed by atoms with van der Waals surface area (Å²) in [6, 6.07) is 21.8. The number of benzene rings is 4. The van der Waals surface area contributed by atoms with Crippen LogP contribution in [0.15, 0.2) is 82.0 Å². The highest BCUT2D eigenvalue weighted by atomic mass is 16.5. The van der Waals surface area contributed by atoms with E-state index in [1.807, 2.05) is 66.7 Å². The van der Waals surface area contributed by atoms with Crippen LogP contribution in [-0.2, 0) is 0 Å². The zero-order valence-corrected chi connectivity index (χ0v) is 16.8. The molecule has 0 fully saturated rings. The summed E-state index contributed by atoms with van der Waals surface area (Å²) in [5, 5.41) is 4.38. The van der Waals surface area contributed by atoms with Gasteiger partial charge in [0.25, 0.3) is 0 Å². The highest BCUT2D eigenvalue weighted by molar-refractivity contribution is 6.25. The van der Waals surface area contributed by atoms with Gasteiger partial charge in [0.2, 0.25) is 0 Å². The van der Waals surface area contributed by atoms with Crippen molar-refractivity contribution in [1.82, 2.24) is 0 Å². The van der Waals surface area contributed by atoms with Crippen LogP contribution in [0.5, 0.6) is 11.5 Å². The molecule has 2 heterocycles. The lowest BCUT2D eigenvalue weighted by Crippen LogP contribution is -2.06. The SMILES string of the molecule is COc1ccc(-c2cccc3c4c(c5oc(=O)c6ccccc6c5c23)C=CCO4)cc1. The Morgan fingerprint density at radius 3 is 2.42 bits per heavy atom. The molecule has 0 bridgehead atoms. The Bertz CT molecular complexity index is 1570. The second kappa shape index (κ2) is 6.74. The van der Waals surface area contributed by atoms with Crippen LogP contribution >= 0.6 is 0 Å². The Hall–Kier alpha value is -4.05. The van der Waals surface area contributed by atoms with E-state index in [1.165, 1.54) is 0 Å². The summed E-state index contributed by atoms with van der Waals surface area (Å²) >= 11 is 0. The van der Waals surface area contributed by atoms with E-state index >= 15 is 0 Å². The number of fused-ring (bicyclic) bond motifs is 8. The molecule has 6 rings (SSSR count). The largest absolute Gasteiger partial charge is 0.497 e. The molecule has 0 radical (unpaired) electrons. The fourth-order valence-corrected chi connectivity index (χ4v) is 4.51. The zero-order valence-electron chi connectivity index (χ0n) is 16.8. The van der Waals surface area contributed by atoms with E-state index < -0.39 is 0 Å². The maximum atomic E-state index is 12.8. The average molecular weight is 406 g/mol. The molecule has 0 amide bonds. The molecule has 4 heteroatoms. The fraction of sp³-hybridized carbons (Fsp3) is 0.0741. The smallest absolute Gasteiger partial charge is 0.344 e. The van der Waals surface area contributed by atoms with Crippen molar-refractivity contribution < 1.29 is 13.9 Å². The lowest BCUT2D eigenvalue weighted by molar-refractivity contribution is 0.362. The van der Waals surface area contributed by atoms with Crippen LogP contribution in [-0.4, -0.2) is 13.7 Å². The summed E-state index contributed by atoms with van der Waals surface area (Å²) in [5.41, 5.74) is 3.12. The van der Waals surface area contributed by atoms with Crippen LogP contribution in [0, 0.1) is 0 Å². The predicted octanol–water partition coefficient (Wildman–Crippen LogP) is 6.18. The third kappa shape index (κ3) is 2.58. The van der Waals surface area contributed by atoms with E-state index in [9.17, 15) is 4.79 Å². The molecule has 4 aromatic carbocycles. The van der Waals surface area contributed by atoms with Gasteiger partial charge in [-0.3, -0.25) is 0 Å². The lowest BCUT2D eigenvalue weighted by Gasteiger charge is -2.20. The first-order chi connectivity index (χ1) is 15.3. The van der Waals surface area contributed by atoms with Gasteiger partial charge in [-0.2, -0.15) is 0 Å². The predicted molar refractivity (Wildman–Crippen MR) is 124 cm³/mol. The van der Waals surface area contributed by atoms with E-state index in [1.54, 1.807) is 7.11 Å². The van der Waals surface area contributed by atoms with Crippen molar-refractivity contribution in [3.63, 3.8) is 0 Å². The Kier molecular flexibility index (Phi) is 3.87. The second-order valence-electron chi connectivity index (χ2n) is 7.55. The van der Waals surface area contributed by atoms with Gasteiger partial charge in [-0.25, -0.2) is 4.79 Å². The van der Waals surface area contributed by atoms with Gasteiger partial charge in [0.1, 0.15) is 18.1 Å². The van der Waals surface area contributed by atoms with Crippen LogP contribution < -0.4 is 15.1 Å². The molecule has 4 nitrogen and oxygen atoms in total. The van der Waals surface area contributed by atoms with Gasteiger partial charge in [-0.15, -0.1) is 0 Å². The summed E-state index contributed by atoms with van der Waals surface area (Å²) < 4.78 is 17.3. The number of hydrogen-bond acceptors (Lipinski definition) is 4. The highest BCUT2D eigenvalue weighted by Crippen LogP contribution is 2.45. The summed E-state index contributed by atoms with van der Waals surface area (Å²) in [7, 11) is 1.66. The summed E-state index contributed by atoms with van der Waals surface area (Å²) in [6.07, 6.45) is 3.93. The van der Waals surface area contributed by atoms with Gasteiger partial charge in [-0.05, 0) is 41.5 Å². The zero-order chi connectivity index (χ0) is 20.9. The number of ether oxygens (including phenoxy) is 2. The molecule has 0 saturated heterocycles. The molecular weight excluding hydrogens is 388 g/mol. The highest BCUT2D eigenvalue weighted by Gasteiger charge is 2.22. The molecule has 150 valence electrons. The standard InChI is InChI=1S/C27H18O4/c1-29-17-13-11-16(12-14-17)18-8-4-9-21-23(18)24-19-6-2-3-7-20(19)27(28)31-26(24)22-10-5-15-30-25(21)22/h2-14H,15H2,1H3. The van der Waals surface area contributed by atoms with E-state index in [0.717, 1.165) is 49.7 Å². The number of rotatable bonds is 2. The second-order valence-corrected chi connectivity index (χ2v) is 7.55. The Morgan fingerprint density at radius 2 is 1.61 bits per heavy atom. The van der Waals surface area contributed by atoms with Gasteiger partial charge in [0.05, 0.1) is 18.1 Å². The molecule has 0 unspecified atom stereocenters. The maximum absolute atomic E-state index is 12.8. The minimum Gasteiger partial charge on any atom is -0.497 e. The molecule has 5 aromatic rings. The third-order valence-electron chi connectivity index (χ3n) is 5.90. The molecule has 1 aliphatic heterocycles. The van der Waals surface area contributed by atoms with Crippen molar-refractivity contribution in [3.05, 3.63) is 88.8 Å². The van der Waals surface area contributed by atoms with E-state index in [2.05, 4.69) is 12.1 Å². The van der Waals surface area contributed by atoms with Crippen LogP contribution in [0.4, 0.5) is 0 Å². The monoisotopic (exact) mass is 406 g/mol. The lowest BCUT2D eigenvalue weighted by atomic mass is 9.90. The summed E-state index contributed by atoms with van der Waals surface area (Å²) in [6.45, 7) is 0.484. The molecule has 0 N–H and O–H groups in total. The summed E-state index contributed by atoms with van der Waals surface area (Å²) in [5.74, 6) is 1.55. The first-order valence-electron chi connectivity index (χ1n) is 10.1. The molecule has 1 aliphatic rings. The van der Waals surface area contributed by atoms with E-state index in [-0.39, 0.29) is 5.63 Å². The Labute approximate surface area is 177 Å². The first kappa shape index (κ1) is 17.8. The maximum Gasteiger partial charge on any atom is 0.344 e. The minimum absolute atomic E-state index is 0.342. The van der Waals surface area contributed by atoms with E-state index in [4.69, 9.17) is 13.9 Å². The van der Waals surface area contributed by atoms with Crippen molar-refractivity contribution in [2.24, 2.45) is 0 Å².